The minimum atomic E-state index is -0.0532. The van der Waals surface area contributed by atoms with Gasteiger partial charge >= 0.3 is 0 Å². The lowest BCUT2D eigenvalue weighted by Crippen LogP contribution is -2.26. The maximum Gasteiger partial charge on any atom is 0.251 e. The molecule has 1 aliphatic heterocycles. The van der Waals surface area contributed by atoms with E-state index >= 15 is 0 Å². The number of nitrogens with one attached hydrogen (secondary N) is 2. The van der Waals surface area contributed by atoms with Crippen LogP contribution in [0.1, 0.15) is 34.5 Å². The highest BCUT2D eigenvalue weighted by Crippen LogP contribution is 2.23. The Balaban J connectivity index is 0.00000121. The number of aromatic nitrogens is 1. The summed E-state index contributed by atoms with van der Waals surface area (Å²) in [5.74, 6) is -0.0453. The van der Waals surface area contributed by atoms with Crippen LogP contribution in [0.5, 0.6) is 0 Å². The van der Waals surface area contributed by atoms with Crippen LogP contribution in [0.15, 0.2) is 42.7 Å². The highest BCUT2D eigenvalue weighted by Gasteiger charge is 2.15. The van der Waals surface area contributed by atoms with Gasteiger partial charge in [0.2, 0.25) is 0 Å². The third kappa shape index (κ3) is 3.90. The summed E-state index contributed by atoms with van der Waals surface area (Å²) in [6, 6.07) is 9.60. The summed E-state index contributed by atoms with van der Waals surface area (Å²) in [6.45, 7) is 2.91. The van der Waals surface area contributed by atoms with Crippen molar-refractivity contribution in [2.45, 2.75) is 19.4 Å². The smallest absolute Gasteiger partial charge is 0.251 e. The number of carbonyl (C=O) groups excluding carboxylic acids is 1. The monoisotopic (exact) mass is 339 g/mol. The molecule has 1 aromatic carbocycles. The average molecular weight is 340 g/mol. The van der Waals surface area contributed by atoms with Crippen molar-refractivity contribution < 1.29 is 4.79 Å². The van der Waals surface area contributed by atoms with Gasteiger partial charge in [0.05, 0.1) is 6.04 Å². The van der Waals surface area contributed by atoms with Crippen LogP contribution in [0.4, 0.5) is 5.69 Å². The SMILES string of the molecule is C[C@H](NC(=O)c1ccc2c(c1)CCN2)c1cccnc1.Cl.Cl. The summed E-state index contributed by atoms with van der Waals surface area (Å²) in [6.07, 6.45) is 4.48. The van der Waals surface area contributed by atoms with Crippen molar-refractivity contribution in [3.8, 4) is 0 Å². The van der Waals surface area contributed by atoms with Gasteiger partial charge in [-0.15, -0.1) is 24.8 Å². The first-order valence-corrected chi connectivity index (χ1v) is 6.81. The van der Waals surface area contributed by atoms with E-state index in [4.69, 9.17) is 0 Å². The van der Waals surface area contributed by atoms with Crippen LogP contribution in [-0.4, -0.2) is 17.4 Å². The number of benzene rings is 1. The average Bonchev–Trinajstić information content (AvgIpc) is 2.95. The summed E-state index contributed by atoms with van der Waals surface area (Å²) in [5, 5.41) is 6.30. The molecular weight excluding hydrogens is 321 g/mol. The Bertz CT molecular complexity index is 635. The Labute approximate surface area is 142 Å². The van der Waals surface area contributed by atoms with Gasteiger partial charge in [-0.3, -0.25) is 9.78 Å². The van der Waals surface area contributed by atoms with Gasteiger partial charge in [-0.25, -0.2) is 0 Å². The summed E-state index contributed by atoms with van der Waals surface area (Å²) in [7, 11) is 0. The Kier molecular flexibility index (Phi) is 6.65. The molecule has 2 heterocycles. The second-order valence-corrected chi connectivity index (χ2v) is 5.03. The van der Waals surface area contributed by atoms with Gasteiger partial charge in [-0.1, -0.05) is 6.07 Å². The Morgan fingerprint density at radius 2 is 2.14 bits per heavy atom. The third-order valence-electron chi connectivity index (χ3n) is 3.61. The summed E-state index contributed by atoms with van der Waals surface area (Å²) in [4.78, 5) is 16.3. The molecule has 6 heteroatoms. The first kappa shape index (κ1) is 18.3. The molecule has 0 unspecified atom stereocenters. The number of rotatable bonds is 3. The van der Waals surface area contributed by atoms with Crippen LogP contribution in [0.2, 0.25) is 0 Å². The van der Waals surface area contributed by atoms with Crippen LogP contribution in [0.25, 0.3) is 0 Å². The molecule has 0 fully saturated rings. The molecule has 1 aliphatic rings. The number of nitrogens with zero attached hydrogens (tertiary/aromatic N) is 1. The maximum atomic E-state index is 12.3. The second-order valence-electron chi connectivity index (χ2n) is 5.03. The van der Waals surface area contributed by atoms with E-state index in [9.17, 15) is 4.79 Å². The highest BCUT2D eigenvalue weighted by molar-refractivity contribution is 5.95. The standard InChI is InChI=1S/C16H17N3O.2ClH/c1-11(14-3-2-7-17-10-14)19-16(20)13-4-5-15-12(9-13)6-8-18-15;;/h2-5,7,9-11,18H,6,8H2,1H3,(H,19,20);2*1H/t11-;;/m0../s1. The molecule has 0 saturated heterocycles. The first-order chi connectivity index (χ1) is 9.74. The second kappa shape index (κ2) is 8.01. The zero-order chi connectivity index (χ0) is 13.9. The third-order valence-corrected chi connectivity index (χ3v) is 3.61. The number of hydrogen-bond acceptors (Lipinski definition) is 3. The molecule has 3 rings (SSSR count). The van der Waals surface area contributed by atoms with Crippen LogP contribution in [0, 0.1) is 0 Å². The fourth-order valence-corrected chi connectivity index (χ4v) is 2.44. The van der Waals surface area contributed by atoms with Crippen LogP contribution in [0.3, 0.4) is 0 Å². The molecule has 0 spiro atoms. The molecule has 1 aromatic heterocycles. The fraction of sp³-hybridized carbons (Fsp3) is 0.250. The fourth-order valence-electron chi connectivity index (χ4n) is 2.44. The van der Waals surface area contributed by atoms with Crippen molar-refractivity contribution in [3.05, 3.63) is 59.4 Å². The van der Waals surface area contributed by atoms with E-state index in [0.717, 1.165) is 24.2 Å². The number of fused-ring (bicyclic) bond motifs is 1. The summed E-state index contributed by atoms with van der Waals surface area (Å²) in [5.41, 5.74) is 4.07. The lowest BCUT2D eigenvalue weighted by atomic mass is 10.1. The quantitative estimate of drug-likeness (QED) is 0.901. The predicted molar refractivity (Wildman–Crippen MR) is 93.2 cm³/mol. The molecule has 0 radical (unpaired) electrons. The predicted octanol–water partition coefficient (Wildman–Crippen LogP) is 3.38. The van der Waals surface area contributed by atoms with Crippen molar-refractivity contribution in [1.82, 2.24) is 10.3 Å². The molecule has 22 heavy (non-hydrogen) atoms. The van der Waals surface area contributed by atoms with Crippen LogP contribution < -0.4 is 10.6 Å². The van der Waals surface area contributed by atoms with E-state index < -0.39 is 0 Å². The van der Waals surface area contributed by atoms with Gasteiger partial charge in [-0.2, -0.15) is 0 Å². The van der Waals surface area contributed by atoms with Gasteiger partial charge in [-0.05, 0) is 48.7 Å². The molecule has 2 aromatic rings. The number of pyridine rings is 1. The highest BCUT2D eigenvalue weighted by atomic mass is 35.5. The molecule has 0 saturated carbocycles. The van der Waals surface area contributed by atoms with Crippen LogP contribution in [-0.2, 0) is 6.42 Å². The van der Waals surface area contributed by atoms with E-state index in [-0.39, 0.29) is 36.8 Å². The zero-order valence-corrected chi connectivity index (χ0v) is 13.8. The van der Waals surface area contributed by atoms with E-state index in [0.29, 0.717) is 5.56 Å². The number of hydrogen-bond donors (Lipinski definition) is 2. The first-order valence-electron chi connectivity index (χ1n) is 6.81. The molecule has 4 nitrogen and oxygen atoms in total. The van der Waals surface area contributed by atoms with Crippen molar-refractivity contribution in [2.75, 3.05) is 11.9 Å². The molecule has 1 atom stereocenters. The van der Waals surface area contributed by atoms with Gasteiger partial charge in [0.25, 0.3) is 5.91 Å². The number of amides is 1. The molecule has 0 bridgehead atoms. The maximum absolute atomic E-state index is 12.3. The van der Waals surface area contributed by atoms with E-state index in [1.807, 2.05) is 37.3 Å². The topological polar surface area (TPSA) is 54.0 Å². The summed E-state index contributed by atoms with van der Waals surface area (Å²) < 4.78 is 0. The largest absolute Gasteiger partial charge is 0.384 e. The van der Waals surface area contributed by atoms with Gasteiger partial charge in [0.1, 0.15) is 0 Å². The number of anilines is 1. The van der Waals surface area contributed by atoms with E-state index in [1.54, 1.807) is 12.4 Å². The minimum Gasteiger partial charge on any atom is -0.384 e. The lowest BCUT2D eigenvalue weighted by molar-refractivity contribution is 0.0940. The van der Waals surface area contributed by atoms with Crippen LogP contribution >= 0.6 is 24.8 Å². The van der Waals surface area contributed by atoms with E-state index in [1.165, 1.54) is 5.56 Å². The van der Waals surface area contributed by atoms with E-state index in [2.05, 4.69) is 15.6 Å². The Hall–Kier alpha value is -1.78. The molecule has 1 amide bonds. The Morgan fingerprint density at radius 3 is 2.86 bits per heavy atom. The van der Waals surface area contributed by atoms with Crippen molar-refractivity contribution >= 4 is 36.4 Å². The Morgan fingerprint density at radius 1 is 1.32 bits per heavy atom. The molecule has 118 valence electrons. The zero-order valence-electron chi connectivity index (χ0n) is 12.2. The van der Waals surface area contributed by atoms with Crippen molar-refractivity contribution in [1.29, 1.82) is 0 Å². The minimum absolute atomic E-state index is 0. The van der Waals surface area contributed by atoms with Gasteiger partial charge in [0, 0.05) is 30.2 Å². The number of halogens is 2. The molecule has 2 N–H and O–H groups in total. The number of carbonyl (C=O) groups is 1. The normalized spacial score (nSPS) is 13.0. The van der Waals surface area contributed by atoms with Crippen molar-refractivity contribution in [2.24, 2.45) is 0 Å². The summed E-state index contributed by atoms with van der Waals surface area (Å²) >= 11 is 0. The van der Waals surface area contributed by atoms with Crippen molar-refractivity contribution in [3.63, 3.8) is 0 Å². The molecule has 0 aliphatic carbocycles. The van der Waals surface area contributed by atoms with Gasteiger partial charge in [0.15, 0.2) is 0 Å². The lowest BCUT2D eigenvalue weighted by Gasteiger charge is -2.14. The van der Waals surface area contributed by atoms with Gasteiger partial charge < -0.3 is 10.6 Å². The molecular formula is C16H19Cl2N3O.